The van der Waals surface area contributed by atoms with Gasteiger partial charge in [-0.05, 0) is 66.6 Å². The fraction of sp³-hybridized carbons (Fsp3) is 0.273. The van der Waals surface area contributed by atoms with E-state index in [9.17, 15) is 14.4 Å². The minimum atomic E-state index is -0.957. The molecule has 1 heterocycles. The van der Waals surface area contributed by atoms with E-state index in [0.29, 0.717) is 23.3 Å². The van der Waals surface area contributed by atoms with Crippen LogP contribution in [0.4, 0.5) is 4.39 Å². The monoisotopic (exact) mass is 364 g/mol. The van der Waals surface area contributed by atoms with Gasteiger partial charge in [0.2, 0.25) is 0 Å². The highest BCUT2D eigenvalue weighted by Crippen LogP contribution is 2.31. The van der Waals surface area contributed by atoms with Crippen LogP contribution in [0.5, 0.6) is 5.75 Å². The van der Waals surface area contributed by atoms with E-state index >= 15 is 0 Å². The van der Waals surface area contributed by atoms with Gasteiger partial charge in [-0.3, -0.25) is 4.79 Å². The summed E-state index contributed by atoms with van der Waals surface area (Å²) in [6.45, 7) is 3.70. The van der Waals surface area contributed by atoms with Gasteiger partial charge in [0.25, 0.3) is 5.56 Å². The predicted octanol–water partition coefficient (Wildman–Crippen LogP) is 4.26. The van der Waals surface area contributed by atoms with E-state index in [1.54, 1.807) is 25.1 Å². The first-order valence-electron chi connectivity index (χ1n) is 8.80. The van der Waals surface area contributed by atoms with Crippen LogP contribution in [-0.4, -0.2) is 12.1 Å². The van der Waals surface area contributed by atoms with Crippen LogP contribution >= 0.6 is 0 Å². The zero-order valence-electron chi connectivity index (χ0n) is 15.6. The molecule has 1 atom stereocenters. The molecular formula is C22H21FN2O2. The Morgan fingerprint density at radius 1 is 1.19 bits per heavy atom. The van der Waals surface area contributed by atoms with Crippen LogP contribution in [0.25, 0.3) is 10.9 Å². The second-order valence-corrected chi connectivity index (χ2v) is 6.86. The molecule has 5 heteroatoms. The van der Waals surface area contributed by atoms with Crippen LogP contribution in [0, 0.1) is 17.1 Å². The molecule has 0 spiro atoms. The number of aromatic nitrogens is 1. The van der Waals surface area contributed by atoms with Gasteiger partial charge in [0.05, 0.1) is 18.6 Å². The van der Waals surface area contributed by atoms with Crippen LogP contribution in [-0.2, 0) is 18.3 Å². The molecule has 2 aromatic carbocycles. The van der Waals surface area contributed by atoms with Gasteiger partial charge < -0.3 is 9.72 Å². The number of fused-ring (bicyclic) bond motifs is 1. The van der Waals surface area contributed by atoms with Crippen LogP contribution in [0.15, 0.2) is 47.3 Å². The van der Waals surface area contributed by atoms with Crippen LogP contribution in [0.1, 0.15) is 30.5 Å². The number of halogens is 1. The molecule has 27 heavy (non-hydrogen) atoms. The zero-order chi connectivity index (χ0) is 19.6. The molecule has 0 radical (unpaired) electrons. The summed E-state index contributed by atoms with van der Waals surface area (Å²) in [4.78, 5) is 15.0. The van der Waals surface area contributed by atoms with E-state index in [1.165, 1.54) is 13.2 Å². The number of pyridine rings is 1. The lowest BCUT2D eigenvalue weighted by Gasteiger charge is -2.23. The number of nitrogens with one attached hydrogen (secondary N) is 1. The molecule has 1 aromatic heterocycles. The maximum absolute atomic E-state index is 14.3. The largest absolute Gasteiger partial charge is 0.497 e. The van der Waals surface area contributed by atoms with Gasteiger partial charge in [-0.2, -0.15) is 5.26 Å². The van der Waals surface area contributed by atoms with Crippen LogP contribution in [0.3, 0.4) is 0 Å². The molecule has 0 aliphatic rings. The number of rotatable bonds is 5. The predicted molar refractivity (Wildman–Crippen MR) is 104 cm³/mol. The third-order valence-corrected chi connectivity index (χ3v) is 4.98. The van der Waals surface area contributed by atoms with Crippen molar-refractivity contribution in [2.24, 2.45) is 0 Å². The maximum Gasteiger partial charge on any atom is 0.251 e. The highest BCUT2D eigenvalue weighted by molar-refractivity contribution is 5.80. The number of nitrogens with zero attached hydrogens (tertiary/aromatic N) is 1. The first-order chi connectivity index (χ1) is 12.9. The lowest BCUT2D eigenvalue weighted by atomic mass is 9.78. The molecule has 0 bridgehead atoms. The van der Waals surface area contributed by atoms with E-state index in [2.05, 4.69) is 11.1 Å². The molecule has 4 nitrogen and oxygen atoms in total. The van der Waals surface area contributed by atoms with E-state index in [0.717, 1.165) is 16.5 Å². The number of ether oxygens (including phenoxy) is 1. The normalized spacial score (nSPS) is 13.1. The van der Waals surface area contributed by atoms with Gasteiger partial charge in [-0.25, -0.2) is 4.39 Å². The molecule has 0 saturated carbocycles. The quantitative estimate of drug-likeness (QED) is 0.735. The summed E-state index contributed by atoms with van der Waals surface area (Å²) >= 11 is 0. The fourth-order valence-corrected chi connectivity index (χ4v) is 3.25. The Morgan fingerprint density at radius 2 is 1.96 bits per heavy atom. The molecular weight excluding hydrogens is 343 g/mol. The number of aryl methyl sites for hydroxylation is 1. The van der Waals surface area contributed by atoms with E-state index in [1.807, 2.05) is 25.1 Å². The lowest BCUT2D eigenvalue weighted by molar-refractivity contribution is 0.412. The van der Waals surface area contributed by atoms with Crippen molar-refractivity contribution < 1.29 is 9.13 Å². The molecule has 0 fully saturated rings. The average Bonchev–Trinajstić information content (AvgIpc) is 2.68. The second kappa shape index (κ2) is 7.24. The average molecular weight is 364 g/mol. The Hall–Kier alpha value is -3.13. The SMILES string of the molecule is CCc1cc2ccc(C(C)(C#N)Cc3cc(OC)ccc3F)cc2[nH]c1=O. The topological polar surface area (TPSA) is 65.9 Å². The van der Waals surface area contributed by atoms with Crippen LogP contribution < -0.4 is 10.3 Å². The molecule has 0 saturated heterocycles. The Labute approximate surface area is 157 Å². The van der Waals surface area contributed by atoms with Crippen molar-refractivity contribution in [2.45, 2.75) is 32.1 Å². The summed E-state index contributed by atoms with van der Waals surface area (Å²) in [6, 6.07) is 14.2. The smallest absolute Gasteiger partial charge is 0.251 e. The fourth-order valence-electron chi connectivity index (χ4n) is 3.25. The number of aromatic amines is 1. The zero-order valence-corrected chi connectivity index (χ0v) is 15.6. The molecule has 0 aliphatic carbocycles. The molecule has 1 N–H and O–H groups in total. The van der Waals surface area contributed by atoms with Gasteiger partial charge in [0.1, 0.15) is 11.6 Å². The highest BCUT2D eigenvalue weighted by Gasteiger charge is 2.29. The van der Waals surface area contributed by atoms with Crippen molar-refractivity contribution in [2.75, 3.05) is 7.11 Å². The van der Waals surface area contributed by atoms with Gasteiger partial charge in [-0.1, -0.05) is 19.1 Å². The van der Waals surface area contributed by atoms with Gasteiger partial charge >= 0.3 is 0 Å². The third-order valence-electron chi connectivity index (χ3n) is 4.98. The maximum atomic E-state index is 14.3. The van der Waals surface area contributed by atoms with Gasteiger partial charge in [-0.15, -0.1) is 0 Å². The number of methoxy groups -OCH3 is 1. The van der Waals surface area contributed by atoms with E-state index in [4.69, 9.17) is 4.74 Å². The Bertz CT molecular complexity index is 1100. The molecule has 0 amide bonds. The summed E-state index contributed by atoms with van der Waals surface area (Å²) in [5, 5.41) is 10.8. The third kappa shape index (κ3) is 3.56. The lowest BCUT2D eigenvalue weighted by Crippen LogP contribution is -2.23. The van der Waals surface area contributed by atoms with Crippen molar-refractivity contribution in [1.82, 2.24) is 4.98 Å². The van der Waals surface area contributed by atoms with Crippen molar-refractivity contribution in [3.05, 3.63) is 75.3 Å². The van der Waals surface area contributed by atoms with Crippen LogP contribution in [0.2, 0.25) is 0 Å². The Morgan fingerprint density at radius 3 is 2.63 bits per heavy atom. The van der Waals surface area contributed by atoms with Gasteiger partial charge in [0, 0.05) is 11.1 Å². The van der Waals surface area contributed by atoms with E-state index < -0.39 is 5.41 Å². The molecule has 0 aliphatic heterocycles. The highest BCUT2D eigenvalue weighted by atomic mass is 19.1. The summed E-state index contributed by atoms with van der Waals surface area (Å²) in [5.41, 5.74) is 1.44. The first kappa shape index (κ1) is 18.7. The summed E-state index contributed by atoms with van der Waals surface area (Å²) in [7, 11) is 1.52. The van der Waals surface area contributed by atoms with E-state index in [-0.39, 0.29) is 17.8 Å². The number of hydrogen-bond donors (Lipinski definition) is 1. The molecule has 138 valence electrons. The Balaban J connectivity index is 2.06. The van der Waals surface area contributed by atoms with Gasteiger partial charge in [0.15, 0.2) is 0 Å². The number of H-pyrrole nitrogens is 1. The summed E-state index contributed by atoms with van der Waals surface area (Å²) in [6.07, 6.45) is 0.841. The van der Waals surface area contributed by atoms with Crippen molar-refractivity contribution in [1.29, 1.82) is 5.26 Å². The molecule has 3 aromatic rings. The minimum absolute atomic E-state index is 0.125. The number of benzene rings is 2. The first-order valence-corrected chi connectivity index (χ1v) is 8.80. The summed E-state index contributed by atoms with van der Waals surface area (Å²) < 4.78 is 19.4. The minimum Gasteiger partial charge on any atom is -0.497 e. The van der Waals surface area contributed by atoms with Crippen molar-refractivity contribution in [3.63, 3.8) is 0 Å². The van der Waals surface area contributed by atoms with Crippen molar-refractivity contribution >= 4 is 10.9 Å². The Kier molecular flexibility index (Phi) is 5.00. The van der Waals surface area contributed by atoms with Crippen molar-refractivity contribution in [3.8, 4) is 11.8 Å². The molecule has 3 rings (SSSR count). The second-order valence-electron chi connectivity index (χ2n) is 6.86. The molecule has 1 unspecified atom stereocenters. The number of hydrogen-bond acceptors (Lipinski definition) is 3. The number of nitriles is 1. The summed E-state index contributed by atoms with van der Waals surface area (Å²) in [5.74, 6) is 0.167. The standard InChI is InChI=1S/C22H21FN2O2/c1-4-14-9-15-5-6-17(11-20(15)25-21(14)26)22(2,13-24)12-16-10-18(27-3)7-8-19(16)23/h5-11H,4,12H2,1-3H3,(H,25,26).